The monoisotopic (exact) mass is 474 g/mol. The topological polar surface area (TPSA) is 68.0 Å². The average Bonchev–Trinajstić information content (AvgIpc) is 3.39. The Bertz CT molecular complexity index is 1460. The van der Waals surface area contributed by atoms with Gasteiger partial charge < -0.3 is 10.1 Å². The summed E-state index contributed by atoms with van der Waals surface area (Å²) in [5.74, 6) is 0.507. The zero-order valence-corrected chi connectivity index (χ0v) is 20.1. The summed E-state index contributed by atoms with van der Waals surface area (Å²) in [7, 11) is 0. The summed E-state index contributed by atoms with van der Waals surface area (Å²) in [6, 6.07) is 14.1. The third-order valence-electron chi connectivity index (χ3n) is 5.35. The number of nitrogens with zero attached hydrogens (tertiary/aromatic N) is 3. The maximum Gasteiger partial charge on any atom is 0.262 e. The molecule has 0 spiro atoms. The van der Waals surface area contributed by atoms with Gasteiger partial charge in [-0.25, -0.2) is 9.67 Å². The molecule has 166 valence electrons. The summed E-state index contributed by atoms with van der Waals surface area (Å²) in [6.07, 6.45) is 1.88. The van der Waals surface area contributed by atoms with Gasteiger partial charge in [0.15, 0.2) is 6.61 Å². The van der Waals surface area contributed by atoms with Crippen LogP contribution < -0.4 is 14.9 Å². The van der Waals surface area contributed by atoms with Crippen molar-refractivity contribution in [2.24, 2.45) is 10.1 Å². The second kappa shape index (κ2) is 8.80. The van der Waals surface area contributed by atoms with E-state index in [1.165, 1.54) is 22.5 Å². The number of hydrogen-bond acceptors (Lipinski definition) is 6. The van der Waals surface area contributed by atoms with E-state index in [9.17, 15) is 4.79 Å². The first-order valence-corrected chi connectivity index (χ1v) is 12.2. The number of amides is 1. The van der Waals surface area contributed by atoms with Crippen molar-refractivity contribution in [3.8, 4) is 17.0 Å². The van der Waals surface area contributed by atoms with Gasteiger partial charge in [0.2, 0.25) is 4.80 Å². The lowest BCUT2D eigenvalue weighted by Gasteiger charge is -2.18. The Hall–Kier alpha value is -3.49. The smallest absolute Gasteiger partial charge is 0.262 e. The highest BCUT2D eigenvalue weighted by atomic mass is 32.1. The number of aromatic nitrogens is 1. The summed E-state index contributed by atoms with van der Waals surface area (Å²) in [5.41, 5.74) is 6.87. The van der Waals surface area contributed by atoms with Crippen molar-refractivity contribution < 1.29 is 9.53 Å². The van der Waals surface area contributed by atoms with Gasteiger partial charge in [0.25, 0.3) is 5.91 Å². The number of thiophene rings is 1. The number of carbonyl (C=O) groups excluding carboxylic acids is 1. The van der Waals surface area contributed by atoms with Crippen LogP contribution in [-0.4, -0.2) is 23.4 Å². The first-order chi connectivity index (χ1) is 16.0. The highest BCUT2D eigenvalue weighted by Gasteiger charge is 2.18. The summed E-state index contributed by atoms with van der Waals surface area (Å²) in [5, 5.41) is 11.8. The fourth-order valence-electron chi connectivity index (χ4n) is 3.59. The molecule has 4 aromatic rings. The maximum absolute atomic E-state index is 11.8. The van der Waals surface area contributed by atoms with Crippen LogP contribution in [0.4, 0.5) is 11.4 Å². The molecular formula is C25H22N4O2S2. The van der Waals surface area contributed by atoms with E-state index in [2.05, 4.69) is 49.7 Å². The van der Waals surface area contributed by atoms with Crippen LogP contribution in [0.5, 0.6) is 5.75 Å². The molecule has 8 heteroatoms. The SMILES string of the molecule is Cc1ccc(N=c2scc(-c3ccc4c(c3)NC(=O)CO4)n2N=Cc2sccc2C)c(C)c1. The van der Waals surface area contributed by atoms with E-state index in [-0.39, 0.29) is 12.5 Å². The summed E-state index contributed by atoms with van der Waals surface area (Å²) in [4.78, 5) is 18.6. The van der Waals surface area contributed by atoms with Crippen LogP contribution in [0.3, 0.4) is 0 Å². The molecule has 33 heavy (non-hydrogen) atoms. The van der Waals surface area contributed by atoms with Crippen LogP contribution in [-0.2, 0) is 4.79 Å². The molecule has 0 unspecified atom stereocenters. The molecular weight excluding hydrogens is 452 g/mol. The first-order valence-electron chi connectivity index (χ1n) is 10.5. The molecule has 6 nitrogen and oxygen atoms in total. The minimum Gasteiger partial charge on any atom is -0.482 e. The molecule has 0 fully saturated rings. The molecule has 2 aromatic heterocycles. The molecule has 0 saturated carbocycles. The minimum absolute atomic E-state index is 0.0359. The quantitative estimate of drug-likeness (QED) is 0.389. The second-order valence-corrected chi connectivity index (χ2v) is 9.66. The van der Waals surface area contributed by atoms with Crippen LogP contribution in [0.2, 0.25) is 0 Å². The molecule has 2 aromatic carbocycles. The summed E-state index contributed by atoms with van der Waals surface area (Å²) < 4.78 is 7.37. The molecule has 0 aliphatic carbocycles. The Morgan fingerprint density at radius 3 is 2.73 bits per heavy atom. The van der Waals surface area contributed by atoms with Crippen LogP contribution in [0.15, 0.2) is 63.3 Å². The Labute approximate surface area is 199 Å². The van der Waals surface area contributed by atoms with E-state index < -0.39 is 0 Å². The number of aryl methyl sites for hydroxylation is 3. The van der Waals surface area contributed by atoms with E-state index in [0.29, 0.717) is 11.4 Å². The average molecular weight is 475 g/mol. The third kappa shape index (κ3) is 4.40. The Morgan fingerprint density at radius 2 is 1.94 bits per heavy atom. The van der Waals surface area contributed by atoms with E-state index in [1.54, 1.807) is 11.3 Å². The molecule has 5 rings (SSSR count). The number of ether oxygens (including phenoxy) is 1. The number of hydrogen-bond donors (Lipinski definition) is 1. The molecule has 0 bridgehead atoms. The first kappa shape index (κ1) is 21.4. The Kier molecular flexibility index (Phi) is 5.70. The van der Waals surface area contributed by atoms with Crippen molar-refractivity contribution in [1.82, 2.24) is 4.68 Å². The standard InChI is InChI=1S/C25H22N4O2S2/c1-15-4-6-19(17(3)10-15)28-25-29(26-12-23-16(2)8-9-32-23)21(14-33-25)18-5-7-22-20(11-18)27-24(30)13-31-22/h4-12,14H,13H2,1-3H3,(H,27,30). The number of carbonyl (C=O) groups is 1. The highest BCUT2D eigenvalue weighted by molar-refractivity contribution is 7.11. The lowest BCUT2D eigenvalue weighted by Crippen LogP contribution is -2.25. The number of benzene rings is 2. The van der Waals surface area contributed by atoms with E-state index >= 15 is 0 Å². The van der Waals surface area contributed by atoms with Crippen LogP contribution in [0.25, 0.3) is 11.3 Å². The molecule has 1 aliphatic heterocycles. The van der Waals surface area contributed by atoms with Crippen LogP contribution in [0, 0.1) is 20.8 Å². The van der Waals surface area contributed by atoms with Crippen molar-refractivity contribution in [2.45, 2.75) is 20.8 Å². The van der Waals surface area contributed by atoms with Gasteiger partial charge in [-0.3, -0.25) is 4.79 Å². The number of thiazole rings is 1. The van der Waals surface area contributed by atoms with E-state index in [4.69, 9.17) is 14.8 Å². The zero-order valence-electron chi connectivity index (χ0n) is 18.5. The molecule has 0 atom stereocenters. The maximum atomic E-state index is 11.8. The van der Waals surface area contributed by atoms with E-state index in [0.717, 1.165) is 32.2 Å². The van der Waals surface area contributed by atoms with E-state index in [1.807, 2.05) is 40.5 Å². The van der Waals surface area contributed by atoms with Crippen molar-refractivity contribution in [2.75, 3.05) is 11.9 Å². The van der Waals surface area contributed by atoms with Gasteiger partial charge in [-0.2, -0.15) is 5.10 Å². The van der Waals surface area contributed by atoms with Gasteiger partial charge in [0.1, 0.15) is 5.75 Å². The molecule has 3 heterocycles. The third-order valence-corrected chi connectivity index (χ3v) is 7.12. The number of anilines is 1. The van der Waals surface area contributed by atoms with Gasteiger partial charge in [-0.05, 0) is 67.6 Å². The number of rotatable bonds is 4. The minimum atomic E-state index is -0.158. The number of nitrogens with one attached hydrogen (secondary N) is 1. The second-order valence-electron chi connectivity index (χ2n) is 7.88. The van der Waals surface area contributed by atoms with Crippen molar-refractivity contribution in [3.63, 3.8) is 0 Å². The Balaban J connectivity index is 1.65. The molecule has 1 N–H and O–H groups in total. The van der Waals surface area contributed by atoms with Crippen molar-refractivity contribution in [1.29, 1.82) is 0 Å². The summed E-state index contributed by atoms with van der Waals surface area (Å²) >= 11 is 3.18. The van der Waals surface area contributed by atoms with Crippen molar-refractivity contribution >= 4 is 46.2 Å². The highest BCUT2D eigenvalue weighted by Crippen LogP contribution is 2.33. The molecule has 0 radical (unpaired) electrons. The normalized spacial score (nSPS) is 13.8. The lowest BCUT2D eigenvalue weighted by molar-refractivity contribution is -0.118. The predicted molar refractivity (Wildman–Crippen MR) is 135 cm³/mol. The summed E-state index contributed by atoms with van der Waals surface area (Å²) in [6.45, 7) is 6.25. The molecule has 0 saturated heterocycles. The van der Waals surface area contributed by atoms with Gasteiger partial charge >= 0.3 is 0 Å². The van der Waals surface area contributed by atoms with Crippen LogP contribution in [0.1, 0.15) is 21.6 Å². The molecule has 1 amide bonds. The van der Waals surface area contributed by atoms with Crippen LogP contribution >= 0.6 is 22.7 Å². The van der Waals surface area contributed by atoms with Gasteiger partial charge in [-0.1, -0.05) is 17.7 Å². The largest absolute Gasteiger partial charge is 0.482 e. The zero-order chi connectivity index (χ0) is 22.9. The fourth-order valence-corrected chi connectivity index (χ4v) is 5.22. The Morgan fingerprint density at radius 1 is 1.06 bits per heavy atom. The lowest BCUT2D eigenvalue weighted by atomic mass is 10.1. The predicted octanol–water partition coefficient (Wildman–Crippen LogP) is 5.65. The fraction of sp³-hybridized carbons (Fsp3) is 0.160. The van der Waals surface area contributed by atoms with Gasteiger partial charge in [-0.15, -0.1) is 22.7 Å². The van der Waals surface area contributed by atoms with Gasteiger partial charge in [0, 0.05) is 10.9 Å². The molecule has 1 aliphatic rings. The van der Waals surface area contributed by atoms with Crippen molar-refractivity contribution in [3.05, 3.63) is 79.6 Å². The number of fused-ring (bicyclic) bond motifs is 1. The van der Waals surface area contributed by atoms with Gasteiger partial charge in [0.05, 0.1) is 28.2 Å².